The molecule has 3 aliphatic rings. The number of hydrogen-bond donors (Lipinski definition) is 1. The number of nitrogens with zero attached hydrogens (tertiary/aromatic N) is 1. The first-order chi connectivity index (χ1) is 11.3. The summed E-state index contributed by atoms with van der Waals surface area (Å²) in [6, 6.07) is 6.30. The predicted molar refractivity (Wildman–Crippen MR) is 83.7 cm³/mol. The number of hydrogen-bond acceptors (Lipinski definition) is 4. The van der Waals surface area contributed by atoms with Crippen LogP contribution in [0.3, 0.4) is 0 Å². The minimum absolute atomic E-state index is 0.0694. The summed E-state index contributed by atoms with van der Waals surface area (Å²) < 4.78 is 60.3. The monoisotopic (exact) mass is 358 g/mol. The Labute approximate surface area is 140 Å². The summed E-state index contributed by atoms with van der Waals surface area (Å²) in [4.78, 5) is 2.25. The van der Waals surface area contributed by atoms with Gasteiger partial charge in [0.25, 0.3) is 0 Å². The lowest BCUT2D eigenvalue weighted by atomic mass is 9.91. The Kier molecular flexibility index (Phi) is 3.81. The van der Waals surface area contributed by atoms with Gasteiger partial charge in [0.1, 0.15) is 16.7 Å². The van der Waals surface area contributed by atoms with Gasteiger partial charge in [-0.25, -0.2) is 21.9 Å². The van der Waals surface area contributed by atoms with Gasteiger partial charge in [-0.3, -0.25) is 4.90 Å². The molecule has 2 atom stereocenters. The summed E-state index contributed by atoms with van der Waals surface area (Å²) in [6.45, 7) is 1.05. The van der Waals surface area contributed by atoms with Crippen molar-refractivity contribution in [2.45, 2.75) is 54.7 Å². The Morgan fingerprint density at radius 1 is 1.17 bits per heavy atom. The van der Waals surface area contributed by atoms with Crippen LogP contribution in [-0.4, -0.2) is 50.5 Å². The molecule has 132 valence electrons. The van der Waals surface area contributed by atoms with Crippen molar-refractivity contribution in [2.24, 2.45) is 0 Å². The van der Waals surface area contributed by atoms with E-state index in [2.05, 4.69) is 9.62 Å². The Hall–Kier alpha value is -1.25. The molecular formula is C16H20F2N2O3S. The molecule has 2 aliphatic heterocycles. The predicted octanol–water partition coefficient (Wildman–Crippen LogP) is 1.99. The number of rotatable bonds is 1. The van der Waals surface area contributed by atoms with Gasteiger partial charge < -0.3 is 4.74 Å². The minimum atomic E-state index is -3.63. The van der Waals surface area contributed by atoms with Crippen LogP contribution in [0.1, 0.15) is 25.7 Å². The minimum Gasteiger partial charge on any atom is -0.486 e. The van der Waals surface area contributed by atoms with Gasteiger partial charge >= 0.3 is 0 Å². The van der Waals surface area contributed by atoms with Gasteiger partial charge in [0, 0.05) is 32.0 Å². The van der Waals surface area contributed by atoms with Gasteiger partial charge in [-0.1, -0.05) is 12.1 Å². The number of fused-ring (bicyclic) bond motifs is 2. The zero-order valence-electron chi connectivity index (χ0n) is 13.1. The van der Waals surface area contributed by atoms with Gasteiger partial charge in [-0.05, 0) is 25.0 Å². The van der Waals surface area contributed by atoms with Crippen molar-refractivity contribution >= 4 is 10.0 Å². The largest absolute Gasteiger partial charge is 0.486 e. The van der Waals surface area contributed by atoms with Crippen LogP contribution < -0.4 is 9.46 Å². The summed E-state index contributed by atoms with van der Waals surface area (Å²) in [6.07, 6.45) is 0.384. The topological polar surface area (TPSA) is 58.6 Å². The molecule has 0 aromatic heterocycles. The van der Waals surface area contributed by atoms with Crippen LogP contribution in [0.15, 0.2) is 29.2 Å². The van der Waals surface area contributed by atoms with Crippen LogP contribution in [0.4, 0.5) is 8.78 Å². The molecular weight excluding hydrogens is 338 g/mol. The Morgan fingerprint density at radius 3 is 2.62 bits per heavy atom. The van der Waals surface area contributed by atoms with E-state index in [1.54, 1.807) is 18.2 Å². The fourth-order valence-corrected chi connectivity index (χ4v) is 5.31. The normalized spacial score (nSPS) is 32.4. The van der Waals surface area contributed by atoms with Crippen molar-refractivity contribution in [3.05, 3.63) is 24.3 Å². The first-order valence-corrected chi connectivity index (χ1v) is 9.72. The molecule has 1 aromatic carbocycles. The van der Waals surface area contributed by atoms with Crippen LogP contribution >= 0.6 is 0 Å². The molecule has 5 nitrogen and oxygen atoms in total. The number of alkyl halides is 2. The SMILES string of the molecule is O=S1(=O)NC2CN(C3CCC(F)(F)CC3)CC2Oc2ccccc21. The van der Waals surface area contributed by atoms with E-state index in [0.717, 1.165) is 0 Å². The maximum Gasteiger partial charge on any atom is 0.248 e. The van der Waals surface area contributed by atoms with Crippen molar-refractivity contribution in [1.82, 2.24) is 9.62 Å². The molecule has 0 bridgehead atoms. The van der Waals surface area contributed by atoms with E-state index < -0.39 is 15.9 Å². The van der Waals surface area contributed by atoms with Crippen LogP contribution in [0.5, 0.6) is 5.75 Å². The summed E-state index contributed by atoms with van der Waals surface area (Å²) in [7, 11) is -3.63. The number of benzene rings is 1. The molecule has 2 unspecified atom stereocenters. The van der Waals surface area contributed by atoms with E-state index in [1.165, 1.54) is 6.07 Å². The van der Waals surface area contributed by atoms with Gasteiger partial charge in [-0.15, -0.1) is 0 Å². The molecule has 1 saturated carbocycles. The fourth-order valence-electron chi connectivity index (χ4n) is 3.92. The maximum absolute atomic E-state index is 13.3. The van der Waals surface area contributed by atoms with Crippen molar-refractivity contribution in [2.75, 3.05) is 13.1 Å². The van der Waals surface area contributed by atoms with Crippen molar-refractivity contribution in [1.29, 1.82) is 0 Å². The van der Waals surface area contributed by atoms with E-state index in [1.807, 2.05) is 0 Å². The smallest absolute Gasteiger partial charge is 0.248 e. The highest BCUT2D eigenvalue weighted by Crippen LogP contribution is 2.37. The lowest BCUT2D eigenvalue weighted by molar-refractivity contribution is -0.0522. The van der Waals surface area contributed by atoms with Crippen molar-refractivity contribution < 1.29 is 21.9 Å². The molecule has 2 fully saturated rings. The van der Waals surface area contributed by atoms with E-state index >= 15 is 0 Å². The highest BCUT2D eigenvalue weighted by molar-refractivity contribution is 7.89. The van der Waals surface area contributed by atoms with Gasteiger partial charge in [0.05, 0.1) is 6.04 Å². The summed E-state index contributed by atoms with van der Waals surface area (Å²) >= 11 is 0. The van der Waals surface area contributed by atoms with E-state index in [9.17, 15) is 17.2 Å². The molecule has 0 radical (unpaired) electrons. The second-order valence-corrected chi connectivity index (χ2v) is 8.55. The molecule has 1 N–H and O–H groups in total. The zero-order valence-corrected chi connectivity index (χ0v) is 13.9. The molecule has 24 heavy (non-hydrogen) atoms. The van der Waals surface area contributed by atoms with Gasteiger partial charge in [0.15, 0.2) is 0 Å². The number of halogens is 2. The summed E-state index contributed by atoms with van der Waals surface area (Å²) in [5.74, 6) is -2.20. The van der Waals surface area contributed by atoms with Gasteiger partial charge in [-0.2, -0.15) is 0 Å². The van der Waals surface area contributed by atoms with Gasteiger partial charge in [0.2, 0.25) is 15.9 Å². The Balaban J connectivity index is 1.53. The summed E-state index contributed by atoms with van der Waals surface area (Å²) in [5.41, 5.74) is 0. The molecule has 1 aromatic rings. The third kappa shape index (κ3) is 2.91. The zero-order chi connectivity index (χ0) is 16.9. The lowest BCUT2D eigenvalue weighted by Gasteiger charge is -2.34. The van der Waals surface area contributed by atoms with E-state index in [0.29, 0.717) is 31.7 Å². The molecule has 4 rings (SSSR count). The molecule has 0 amide bonds. The molecule has 2 heterocycles. The first-order valence-electron chi connectivity index (χ1n) is 8.24. The fraction of sp³-hybridized carbons (Fsp3) is 0.625. The molecule has 8 heteroatoms. The van der Waals surface area contributed by atoms with E-state index in [-0.39, 0.29) is 35.9 Å². The second-order valence-electron chi connectivity index (χ2n) is 6.87. The molecule has 1 aliphatic carbocycles. The van der Waals surface area contributed by atoms with Crippen molar-refractivity contribution in [3.63, 3.8) is 0 Å². The van der Waals surface area contributed by atoms with Crippen LogP contribution in [0.2, 0.25) is 0 Å². The maximum atomic E-state index is 13.3. The average molecular weight is 358 g/mol. The van der Waals surface area contributed by atoms with Crippen LogP contribution in [0.25, 0.3) is 0 Å². The van der Waals surface area contributed by atoms with E-state index in [4.69, 9.17) is 4.74 Å². The van der Waals surface area contributed by atoms with Crippen molar-refractivity contribution in [3.8, 4) is 5.75 Å². The van der Waals surface area contributed by atoms with Crippen LogP contribution in [0, 0.1) is 0 Å². The lowest BCUT2D eigenvalue weighted by Crippen LogP contribution is -2.43. The Bertz CT molecular complexity index is 731. The number of nitrogens with one attached hydrogen (secondary N) is 1. The second kappa shape index (κ2) is 5.64. The molecule has 0 spiro atoms. The third-order valence-electron chi connectivity index (χ3n) is 5.22. The highest BCUT2D eigenvalue weighted by Gasteiger charge is 2.45. The van der Waals surface area contributed by atoms with Crippen LogP contribution in [-0.2, 0) is 10.0 Å². The quantitative estimate of drug-likeness (QED) is 0.834. The number of likely N-dealkylation sites (tertiary alicyclic amines) is 1. The third-order valence-corrected chi connectivity index (χ3v) is 6.75. The summed E-state index contributed by atoms with van der Waals surface area (Å²) in [5, 5.41) is 0. The first kappa shape index (κ1) is 16.2. The Morgan fingerprint density at radius 2 is 1.88 bits per heavy atom. The number of ether oxygens (including phenoxy) is 1. The molecule has 1 saturated heterocycles. The highest BCUT2D eigenvalue weighted by atomic mass is 32.2. The standard InChI is InChI=1S/C16H20F2N2O3S/c17-16(18)7-5-11(6-8-16)20-9-12-14(10-20)23-13-3-1-2-4-15(13)24(21,22)19-12/h1-4,11-12,14,19H,5-10H2. The number of sulfonamides is 1. The number of para-hydroxylation sites is 1. The average Bonchev–Trinajstić information content (AvgIpc) is 2.85.